The quantitative estimate of drug-likeness (QED) is 0.611. The van der Waals surface area contributed by atoms with Gasteiger partial charge >= 0.3 is 0 Å². The topological polar surface area (TPSA) is 75.4 Å². The number of nitro benzene ring substituents is 1. The maximum atomic E-state index is 11.0. The Morgan fingerprint density at radius 1 is 1.21 bits per heavy atom. The van der Waals surface area contributed by atoms with Crippen molar-refractivity contribution >= 4 is 39.6 Å². The van der Waals surface area contributed by atoms with E-state index in [4.69, 9.17) is 11.6 Å². The first kappa shape index (κ1) is 16.9. The zero-order valence-corrected chi connectivity index (χ0v) is 15.1. The standard InChI is InChI=1S/C15H18ClN5O2S/c1-10-8-14(12(16)9-13(10)21(22)23)19-4-3-5-20(7-6-19)15-17-11(2)18-24-15/h8-9H,3-7H2,1-2H3. The van der Waals surface area contributed by atoms with Crippen LogP contribution >= 0.6 is 23.1 Å². The first-order valence-electron chi connectivity index (χ1n) is 7.70. The summed E-state index contributed by atoms with van der Waals surface area (Å²) in [6, 6.07) is 3.26. The van der Waals surface area contributed by atoms with Crippen molar-refractivity contribution in [3.05, 3.63) is 38.7 Å². The number of nitrogens with zero attached hydrogens (tertiary/aromatic N) is 5. The van der Waals surface area contributed by atoms with Crippen molar-refractivity contribution < 1.29 is 4.92 Å². The van der Waals surface area contributed by atoms with Crippen LogP contribution in [-0.2, 0) is 0 Å². The van der Waals surface area contributed by atoms with Crippen LogP contribution in [0.2, 0.25) is 5.02 Å². The summed E-state index contributed by atoms with van der Waals surface area (Å²) in [6.07, 6.45) is 0.963. The second-order valence-corrected chi connectivity index (χ2v) is 6.94. The summed E-state index contributed by atoms with van der Waals surface area (Å²) in [6.45, 7) is 7.01. The fourth-order valence-corrected chi connectivity index (χ4v) is 3.86. The Balaban J connectivity index is 1.79. The summed E-state index contributed by atoms with van der Waals surface area (Å²) in [4.78, 5) is 19.5. The molecule has 9 heteroatoms. The number of aromatic nitrogens is 2. The van der Waals surface area contributed by atoms with Gasteiger partial charge in [0.25, 0.3) is 5.69 Å². The second kappa shape index (κ2) is 6.90. The number of halogens is 1. The van der Waals surface area contributed by atoms with Gasteiger partial charge in [-0.25, -0.2) is 4.98 Å². The lowest BCUT2D eigenvalue weighted by Gasteiger charge is -2.24. The molecule has 1 aliphatic heterocycles. The van der Waals surface area contributed by atoms with Crippen molar-refractivity contribution in [1.29, 1.82) is 0 Å². The van der Waals surface area contributed by atoms with Gasteiger partial charge in [-0.1, -0.05) is 11.6 Å². The van der Waals surface area contributed by atoms with Gasteiger partial charge in [0, 0.05) is 49.3 Å². The zero-order chi connectivity index (χ0) is 17.3. The van der Waals surface area contributed by atoms with E-state index in [9.17, 15) is 10.1 Å². The third kappa shape index (κ3) is 3.44. The molecular formula is C15H18ClN5O2S. The maximum Gasteiger partial charge on any atom is 0.273 e. The smallest absolute Gasteiger partial charge is 0.273 e. The van der Waals surface area contributed by atoms with Crippen LogP contribution in [0.5, 0.6) is 0 Å². The number of rotatable bonds is 3. The van der Waals surface area contributed by atoms with Crippen molar-refractivity contribution in [3.63, 3.8) is 0 Å². The largest absolute Gasteiger partial charge is 0.368 e. The van der Waals surface area contributed by atoms with Gasteiger partial charge in [-0.2, -0.15) is 4.37 Å². The molecule has 0 bridgehead atoms. The number of nitro groups is 1. The molecule has 1 aromatic carbocycles. The van der Waals surface area contributed by atoms with Crippen molar-refractivity contribution in [2.75, 3.05) is 36.0 Å². The van der Waals surface area contributed by atoms with Crippen molar-refractivity contribution in [3.8, 4) is 0 Å². The Labute approximate surface area is 149 Å². The summed E-state index contributed by atoms with van der Waals surface area (Å²) in [5.74, 6) is 0.796. The normalized spacial score (nSPS) is 15.5. The maximum absolute atomic E-state index is 11.0. The lowest BCUT2D eigenvalue weighted by Crippen LogP contribution is -2.30. The first-order chi connectivity index (χ1) is 11.5. The van der Waals surface area contributed by atoms with E-state index in [0.717, 1.165) is 49.2 Å². The summed E-state index contributed by atoms with van der Waals surface area (Å²) in [7, 11) is 0. The number of hydrogen-bond acceptors (Lipinski definition) is 7. The molecule has 0 aliphatic carbocycles. The van der Waals surface area contributed by atoms with Crippen LogP contribution in [0.25, 0.3) is 0 Å². The van der Waals surface area contributed by atoms with E-state index >= 15 is 0 Å². The van der Waals surface area contributed by atoms with Crippen LogP contribution in [0.1, 0.15) is 17.8 Å². The number of aryl methyl sites for hydroxylation is 2. The van der Waals surface area contributed by atoms with E-state index in [2.05, 4.69) is 19.2 Å². The van der Waals surface area contributed by atoms with E-state index in [1.54, 1.807) is 6.92 Å². The third-order valence-corrected chi connectivity index (χ3v) is 5.26. The minimum Gasteiger partial charge on any atom is -0.368 e. The molecule has 2 aromatic rings. The van der Waals surface area contributed by atoms with Gasteiger partial charge in [-0.15, -0.1) is 0 Å². The summed E-state index contributed by atoms with van der Waals surface area (Å²) < 4.78 is 4.24. The van der Waals surface area contributed by atoms with Crippen molar-refractivity contribution in [2.45, 2.75) is 20.3 Å². The third-order valence-electron chi connectivity index (χ3n) is 4.09. The molecule has 0 spiro atoms. The summed E-state index contributed by atoms with van der Waals surface area (Å²) in [5, 5.41) is 12.4. The highest BCUT2D eigenvalue weighted by atomic mass is 35.5. The van der Waals surface area contributed by atoms with Gasteiger partial charge < -0.3 is 9.80 Å². The molecule has 1 fully saturated rings. The zero-order valence-electron chi connectivity index (χ0n) is 13.5. The molecule has 1 aliphatic rings. The SMILES string of the molecule is Cc1nsc(N2CCCN(c3cc(C)c([N+](=O)[O-])cc3Cl)CC2)n1. The molecule has 0 radical (unpaired) electrons. The van der Waals surface area contributed by atoms with Crippen LogP contribution in [-0.4, -0.2) is 40.5 Å². The Bertz CT molecular complexity index is 766. The number of anilines is 2. The lowest BCUT2D eigenvalue weighted by molar-refractivity contribution is -0.385. The van der Waals surface area contributed by atoms with Gasteiger partial charge in [0.05, 0.1) is 15.6 Å². The van der Waals surface area contributed by atoms with E-state index in [-0.39, 0.29) is 5.69 Å². The van der Waals surface area contributed by atoms with E-state index in [0.29, 0.717) is 10.6 Å². The highest BCUT2D eigenvalue weighted by Gasteiger charge is 2.22. The van der Waals surface area contributed by atoms with Gasteiger partial charge in [-0.3, -0.25) is 10.1 Å². The number of benzene rings is 1. The minimum atomic E-state index is -0.396. The highest BCUT2D eigenvalue weighted by molar-refractivity contribution is 7.09. The molecule has 0 saturated carbocycles. The molecule has 0 atom stereocenters. The summed E-state index contributed by atoms with van der Waals surface area (Å²) in [5.41, 5.74) is 1.54. The van der Waals surface area contributed by atoms with E-state index < -0.39 is 4.92 Å². The van der Waals surface area contributed by atoms with Gasteiger partial charge in [0.2, 0.25) is 5.13 Å². The Hall–Kier alpha value is -1.93. The molecule has 7 nitrogen and oxygen atoms in total. The van der Waals surface area contributed by atoms with Crippen LogP contribution in [0.15, 0.2) is 12.1 Å². The average molecular weight is 368 g/mol. The Morgan fingerprint density at radius 3 is 2.58 bits per heavy atom. The van der Waals surface area contributed by atoms with Gasteiger partial charge in [-0.05, 0) is 26.3 Å². The predicted molar refractivity (Wildman–Crippen MR) is 96.5 cm³/mol. The Morgan fingerprint density at radius 2 is 1.92 bits per heavy atom. The lowest BCUT2D eigenvalue weighted by atomic mass is 10.1. The molecule has 2 heterocycles. The first-order valence-corrected chi connectivity index (χ1v) is 8.85. The van der Waals surface area contributed by atoms with Crippen LogP contribution in [0, 0.1) is 24.0 Å². The van der Waals surface area contributed by atoms with Crippen LogP contribution in [0.3, 0.4) is 0 Å². The highest BCUT2D eigenvalue weighted by Crippen LogP contribution is 2.33. The average Bonchev–Trinajstić information content (AvgIpc) is 2.82. The molecule has 0 amide bonds. The van der Waals surface area contributed by atoms with Crippen LogP contribution in [0.4, 0.5) is 16.5 Å². The molecule has 1 saturated heterocycles. The monoisotopic (exact) mass is 367 g/mol. The van der Waals surface area contributed by atoms with Crippen molar-refractivity contribution in [2.24, 2.45) is 0 Å². The van der Waals surface area contributed by atoms with Crippen molar-refractivity contribution in [1.82, 2.24) is 9.36 Å². The molecule has 0 unspecified atom stereocenters. The summed E-state index contributed by atoms with van der Waals surface area (Å²) >= 11 is 7.73. The molecular weight excluding hydrogens is 350 g/mol. The second-order valence-electron chi connectivity index (χ2n) is 5.80. The number of hydrogen-bond donors (Lipinski definition) is 0. The van der Waals surface area contributed by atoms with Gasteiger partial charge in [0.1, 0.15) is 5.82 Å². The molecule has 3 rings (SSSR count). The fourth-order valence-electron chi connectivity index (χ4n) is 2.86. The molecule has 0 N–H and O–H groups in total. The van der Waals surface area contributed by atoms with Gasteiger partial charge in [0.15, 0.2) is 0 Å². The predicted octanol–water partition coefficient (Wildman–Crippen LogP) is 3.43. The molecule has 128 valence electrons. The van der Waals surface area contributed by atoms with E-state index in [1.807, 2.05) is 13.0 Å². The van der Waals surface area contributed by atoms with E-state index in [1.165, 1.54) is 17.6 Å². The molecule has 1 aromatic heterocycles. The fraction of sp³-hybridized carbons (Fsp3) is 0.467. The molecule has 24 heavy (non-hydrogen) atoms. The van der Waals surface area contributed by atoms with Crippen LogP contribution < -0.4 is 9.80 Å². The minimum absolute atomic E-state index is 0.0598. The Kier molecular flexibility index (Phi) is 4.86.